The maximum Gasteiger partial charge on any atom is 0.254 e. The van der Waals surface area contributed by atoms with E-state index in [4.69, 9.17) is 0 Å². The predicted molar refractivity (Wildman–Crippen MR) is 87.9 cm³/mol. The molecular weight excluding hydrogens is 290 g/mol. The first-order valence-electron chi connectivity index (χ1n) is 8.27. The summed E-state index contributed by atoms with van der Waals surface area (Å²) in [6.07, 6.45) is 9.44. The van der Waals surface area contributed by atoms with Crippen LogP contribution in [0.15, 0.2) is 37.2 Å². The van der Waals surface area contributed by atoms with Crippen LogP contribution in [0.5, 0.6) is 0 Å². The average Bonchev–Trinajstić information content (AvgIpc) is 2.59. The molecule has 1 aromatic heterocycles. The van der Waals surface area contributed by atoms with Crippen LogP contribution in [0.4, 0.5) is 0 Å². The predicted octanol–water partition coefficient (Wildman–Crippen LogP) is 2.25. The normalized spacial score (nSPS) is 24.8. The first kappa shape index (κ1) is 15.7. The van der Waals surface area contributed by atoms with Crippen LogP contribution in [0.1, 0.15) is 42.5 Å². The first-order valence-corrected chi connectivity index (χ1v) is 8.27. The van der Waals surface area contributed by atoms with Crippen molar-refractivity contribution in [3.05, 3.63) is 42.7 Å². The van der Waals surface area contributed by atoms with Gasteiger partial charge < -0.3 is 9.80 Å². The Bertz CT molecular complexity index is 598. The highest BCUT2D eigenvalue weighted by molar-refractivity contribution is 5.94. The lowest BCUT2D eigenvalue weighted by Crippen LogP contribution is -2.63. The number of piperidine rings is 2. The molecule has 23 heavy (non-hydrogen) atoms. The third-order valence-corrected chi connectivity index (χ3v) is 4.99. The minimum atomic E-state index is -0.218. The van der Waals surface area contributed by atoms with Crippen LogP contribution in [-0.4, -0.2) is 51.8 Å². The Hall–Kier alpha value is -2.17. The summed E-state index contributed by atoms with van der Waals surface area (Å²) in [5.74, 6) is 0.220. The summed E-state index contributed by atoms with van der Waals surface area (Å²) in [5, 5.41) is 0. The molecule has 0 radical (unpaired) electrons. The molecule has 0 saturated carbocycles. The standard InChI is InChI=1S/C18H23N3O2/c1-2-12-21-16(22)5-3-8-18(21)9-4-13-20(14-18)17(23)15-6-10-19-11-7-15/h2,6-7,10-11H,1,3-5,8-9,12-14H2/t18-/m0/s1. The van der Waals surface area contributed by atoms with E-state index in [9.17, 15) is 9.59 Å². The Labute approximate surface area is 137 Å². The second-order valence-electron chi connectivity index (χ2n) is 6.44. The Morgan fingerprint density at radius 3 is 2.78 bits per heavy atom. The number of carbonyl (C=O) groups excluding carboxylic acids is 2. The van der Waals surface area contributed by atoms with Gasteiger partial charge >= 0.3 is 0 Å². The molecule has 5 nitrogen and oxygen atoms in total. The molecule has 2 amide bonds. The number of amides is 2. The van der Waals surface area contributed by atoms with Crippen molar-refractivity contribution in [2.75, 3.05) is 19.6 Å². The Morgan fingerprint density at radius 1 is 1.30 bits per heavy atom. The molecular formula is C18H23N3O2. The fourth-order valence-corrected chi connectivity index (χ4v) is 3.91. The van der Waals surface area contributed by atoms with E-state index in [0.717, 1.165) is 32.2 Å². The summed E-state index contributed by atoms with van der Waals surface area (Å²) in [6, 6.07) is 3.49. The van der Waals surface area contributed by atoms with Crippen molar-refractivity contribution < 1.29 is 9.59 Å². The highest BCUT2D eigenvalue weighted by Crippen LogP contribution is 2.37. The van der Waals surface area contributed by atoms with E-state index >= 15 is 0 Å². The van der Waals surface area contributed by atoms with E-state index in [1.165, 1.54) is 0 Å². The van der Waals surface area contributed by atoms with Crippen molar-refractivity contribution in [2.24, 2.45) is 0 Å². The highest BCUT2D eigenvalue weighted by atomic mass is 16.2. The van der Waals surface area contributed by atoms with Crippen LogP contribution in [0.3, 0.4) is 0 Å². The maximum atomic E-state index is 12.7. The van der Waals surface area contributed by atoms with Gasteiger partial charge in [-0.1, -0.05) is 6.08 Å². The zero-order chi connectivity index (χ0) is 16.3. The topological polar surface area (TPSA) is 53.5 Å². The second kappa shape index (κ2) is 6.52. The lowest BCUT2D eigenvalue weighted by atomic mass is 9.79. The molecule has 3 heterocycles. The van der Waals surface area contributed by atoms with Gasteiger partial charge in [-0.25, -0.2) is 0 Å². The molecule has 1 atom stereocenters. The van der Waals surface area contributed by atoms with Gasteiger partial charge in [-0.3, -0.25) is 14.6 Å². The lowest BCUT2D eigenvalue weighted by Gasteiger charge is -2.51. The number of hydrogen-bond acceptors (Lipinski definition) is 3. The quantitative estimate of drug-likeness (QED) is 0.804. The van der Waals surface area contributed by atoms with E-state index in [2.05, 4.69) is 11.6 Å². The number of nitrogens with zero attached hydrogens (tertiary/aromatic N) is 3. The van der Waals surface area contributed by atoms with Gasteiger partial charge in [-0.15, -0.1) is 6.58 Å². The van der Waals surface area contributed by atoms with Crippen LogP contribution >= 0.6 is 0 Å². The van der Waals surface area contributed by atoms with Gasteiger partial charge in [0, 0.05) is 44.0 Å². The third kappa shape index (κ3) is 3.00. The molecule has 0 unspecified atom stereocenters. The molecule has 0 bridgehead atoms. The second-order valence-corrected chi connectivity index (χ2v) is 6.44. The number of hydrogen-bond donors (Lipinski definition) is 0. The molecule has 3 rings (SSSR count). The van der Waals surface area contributed by atoms with Crippen LogP contribution in [-0.2, 0) is 4.79 Å². The van der Waals surface area contributed by atoms with Crippen LogP contribution < -0.4 is 0 Å². The Morgan fingerprint density at radius 2 is 2.04 bits per heavy atom. The lowest BCUT2D eigenvalue weighted by molar-refractivity contribution is -0.143. The van der Waals surface area contributed by atoms with Crippen LogP contribution in [0.2, 0.25) is 0 Å². The van der Waals surface area contributed by atoms with Crippen molar-refractivity contribution in [1.29, 1.82) is 0 Å². The largest absolute Gasteiger partial charge is 0.336 e. The van der Waals surface area contributed by atoms with E-state index < -0.39 is 0 Å². The summed E-state index contributed by atoms with van der Waals surface area (Å²) in [6.45, 7) is 5.72. The van der Waals surface area contributed by atoms with E-state index in [-0.39, 0.29) is 17.4 Å². The SMILES string of the molecule is C=CCN1C(=O)CCC[C@@]12CCCN(C(=O)c1ccncc1)C2. The average molecular weight is 313 g/mol. The zero-order valence-corrected chi connectivity index (χ0v) is 13.4. The number of likely N-dealkylation sites (tertiary alicyclic amines) is 2. The van der Waals surface area contributed by atoms with Gasteiger partial charge in [0.05, 0.1) is 5.54 Å². The van der Waals surface area contributed by atoms with Crippen molar-refractivity contribution in [1.82, 2.24) is 14.8 Å². The molecule has 122 valence electrons. The molecule has 2 aliphatic rings. The monoisotopic (exact) mass is 313 g/mol. The molecule has 0 aromatic carbocycles. The summed E-state index contributed by atoms with van der Waals surface area (Å²) in [4.78, 5) is 32.9. The fourth-order valence-electron chi connectivity index (χ4n) is 3.91. The van der Waals surface area contributed by atoms with E-state index in [0.29, 0.717) is 25.1 Å². The molecule has 5 heteroatoms. The Kier molecular flexibility index (Phi) is 4.46. The molecule has 0 aliphatic carbocycles. The first-order chi connectivity index (χ1) is 11.2. The zero-order valence-electron chi connectivity index (χ0n) is 13.4. The fraction of sp³-hybridized carbons (Fsp3) is 0.500. The number of rotatable bonds is 3. The van der Waals surface area contributed by atoms with Gasteiger partial charge in [-0.2, -0.15) is 0 Å². The summed E-state index contributed by atoms with van der Waals surface area (Å²) >= 11 is 0. The molecule has 1 aromatic rings. The minimum absolute atomic E-state index is 0.0306. The smallest absolute Gasteiger partial charge is 0.254 e. The van der Waals surface area contributed by atoms with Crippen molar-refractivity contribution >= 4 is 11.8 Å². The molecule has 0 N–H and O–H groups in total. The van der Waals surface area contributed by atoms with Gasteiger partial charge in [0.25, 0.3) is 5.91 Å². The maximum absolute atomic E-state index is 12.7. The summed E-state index contributed by atoms with van der Waals surface area (Å²) in [5.41, 5.74) is 0.444. The molecule has 1 spiro atoms. The van der Waals surface area contributed by atoms with Crippen molar-refractivity contribution in [2.45, 2.75) is 37.6 Å². The van der Waals surface area contributed by atoms with Crippen LogP contribution in [0, 0.1) is 0 Å². The van der Waals surface area contributed by atoms with Gasteiger partial charge in [0.15, 0.2) is 0 Å². The van der Waals surface area contributed by atoms with Crippen LogP contribution in [0.25, 0.3) is 0 Å². The number of carbonyl (C=O) groups is 2. The molecule has 2 fully saturated rings. The number of aromatic nitrogens is 1. The van der Waals surface area contributed by atoms with Gasteiger partial charge in [-0.05, 0) is 37.8 Å². The highest BCUT2D eigenvalue weighted by Gasteiger charge is 2.45. The minimum Gasteiger partial charge on any atom is -0.336 e. The summed E-state index contributed by atoms with van der Waals surface area (Å²) in [7, 11) is 0. The third-order valence-electron chi connectivity index (χ3n) is 4.99. The van der Waals surface area contributed by atoms with Crippen molar-refractivity contribution in [3.63, 3.8) is 0 Å². The number of pyridine rings is 1. The molecule has 2 saturated heterocycles. The van der Waals surface area contributed by atoms with Gasteiger partial charge in [0.2, 0.25) is 5.91 Å². The Balaban J connectivity index is 1.82. The van der Waals surface area contributed by atoms with E-state index in [1.807, 2.05) is 9.80 Å². The summed E-state index contributed by atoms with van der Waals surface area (Å²) < 4.78 is 0. The molecule has 2 aliphatic heterocycles. The van der Waals surface area contributed by atoms with Gasteiger partial charge in [0.1, 0.15) is 0 Å². The van der Waals surface area contributed by atoms with E-state index in [1.54, 1.807) is 30.6 Å². The van der Waals surface area contributed by atoms with Crippen molar-refractivity contribution in [3.8, 4) is 0 Å².